The Hall–Kier alpha value is -2.82. The minimum absolute atomic E-state index is 0.0715. The third-order valence-electron chi connectivity index (χ3n) is 6.18. The first kappa shape index (κ1) is 19.5. The van der Waals surface area contributed by atoms with Crippen molar-refractivity contribution in [1.82, 2.24) is 0 Å². The molecular weight excluding hydrogens is 366 g/mol. The van der Waals surface area contributed by atoms with Crippen molar-refractivity contribution in [3.8, 4) is 5.75 Å². The molecule has 0 aromatic heterocycles. The van der Waals surface area contributed by atoms with Crippen LogP contribution >= 0.6 is 0 Å². The van der Waals surface area contributed by atoms with E-state index >= 15 is 0 Å². The lowest BCUT2D eigenvalue weighted by Crippen LogP contribution is -2.14. The van der Waals surface area contributed by atoms with E-state index in [1.54, 1.807) is 6.07 Å². The molecule has 0 unspecified atom stereocenters. The molecule has 152 valence electrons. The number of carbonyl (C=O) groups excluding carboxylic acids is 2. The second-order valence-electron chi connectivity index (χ2n) is 8.07. The molecule has 0 fully saturated rings. The topological polar surface area (TPSA) is 75.6 Å². The van der Waals surface area contributed by atoms with Gasteiger partial charge in [0, 0.05) is 17.3 Å². The molecule has 2 aliphatic carbocycles. The molecule has 0 spiro atoms. The molecule has 2 aromatic carbocycles. The van der Waals surface area contributed by atoms with E-state index in [0.717, 1.165) is 12.8 Å². The van der Waals surface area contributed by atoms with Crippen molar-refractivity contribution >= 4 is 17.6 Å². The molecule has 0 bridgehead atoms. The van der Waals surface area contributed by atoms with E-state index in [4.69, 9.17) is 0 Å². The molecule has 2 aliphatic rings. The number of anilines is 1. The summed E-state index contributed by atoms with van der Waals surface area (Å²) in [6.45, 7) is 0. The third-order valence-corrected chi connectivity index (χ3v) is 6.18. The van der Waals surface area contributed by atoms with Crippen LogP contribution in [0.2, 0.25) is 0 Å². The number of nitrogens with one attached hydrogen (secondary N) is 1. The van der Waals surface area contributed by atoms with E-state index in [2.05, 4.69) is 22.2 Å². The number of carbonyl (C=O) groups is 2. The van der Waals surface area contributed by atoms with Gasteiger partial charge < -0.3 is 15.2 Å². The van der Waals surface area contributed by atoms with Crippen molar-refractivity contribution < 1.29 is 19.4 Å². The van der Waals surface area contributed by atoms with Crippen LogP contribution in [0.25, 0.3) is 0 Å². The monoisotopic (exact) mass is 393 g/mol. The van der Waals surface area contributed by atoms with Gasteiger partial charge in [-0.2, -0.15) is 0 Å². The summed E-state index contributed by atoms with van der Waals surface area (Å²) < 4.78 is 4.63. The Kier molecular flexibility index (Phi) is 5.56. The molecule has 0 atom stereocenters. The van der Waals surface area contributed by atoms with E-state index in [1.165, 1.54) is 74.5 Å². The summed E-state index contributed by atoms with van der Waals surface area (Å²) in [5.41, 5.74) is 5.36. The van der Waals surface area contributed by atoms with Crippen LogP contribution in [0, 0.1) is 0 Å². The lowest BCUT2D eigenvalue weighted by atomic mass is 9.86. The lowest BCUT2D eigenvalue weighted by Gasteiger charge is -2.20. The van der Waals surface area contributed by atoms with Gasteiger partial charge in [0.05, 0.1) is 7.11 Å². The van der Waals surface area contributed by atoms with Crippen LogP contribution in [0.4, 0.5) is 5.69 Å². The average Bonchev–Trinajstić information content (AvgIpc) is 3.05. The fraction of sp³-hybridized carbons (Fsp3) is 0.417. The molecule has 2 N–H and O–H groups in total. The molecule has 0 saturated carbocycles. The molecular formula is C24H27NO4. The zero-order chi connectivity index (χ0) is 20.4. The van der Waals surface area contributed by atoms with Gasteiger partial charge in [-0.3, -0.25) is 4.79 Å². The number of methoxy groups -OCH3 is 1. The van der Waals surface area contributed by atoms with Crippen LogP contribution in [0.1, 0.15) is 81.8 Å². The average molecular weight is 393 g/mol. The van der Waals surface area contributed by atoms with Crippen molar-refractivity contribution in [2.45, 2.75) is 57.3 Å². The van der Waals surface area contributed by atoms with Crippen molar-refractivity contribution in [3.63, 3.8) is 0 Å². The molecule has 5 heteroatoms. The van der Waals surface area contributed by atoms with E-state index in [9.17, 15) is 14.7 Å². The predicted octanol–water partition coefficient (Wildman–Crippen LogP) is 4.97. The van der Waals surface area contributed by atoms with Crippen molar-refractivity contribution in [2.75, 3.05) is 12.4 Å². The second-order valence-corrected chi connectivity index (χ2v) is 8.07. The number of aromatic hydroxyl groups is 1. The van der Waals surface area contributed by atoms with Crippen LogP contribution in [0.5, 0.6) is 5.75 Å². The van der Waals surface area contributed by atoms with Crippen molar-refractivity contribution in [2.24, 2.45) is 0 Å². The summed E-state index contributed by atoms with van der Waals surface area (Å²) in [4.78, 5) is 24.6. The van der Waals surface area contributed by atoms with E-state index in [0.29, 0.717) is 17.2 Å². The van der Waals surface area contributed by atoms with Crippen LogP contribution in [0.15, 0.2) is 30.3 Å². The van der Waals surface area contributed by atoms with Gasteiger partial charge in [-0.15, -0.1) is 0 Å². The van der Waals surface area contributed by atoms with Gasteiger partial charge in [0.1, 0.15) is 11.3 Å². The number of hydrogen-bond acceptors (Lipinski definition) is 4. The second kappa shape index (κ2) is 8.27. The van der Waals surface area contributed by atoms with Crippen LogP contribution in [0.3, 0.4) is 0 Å². The van der Waals surface area contributed by atoms with Crippen LogP contribution in [-0.4, -0.2) is 24.1 Å². The highest BCUT2D eigenvalue weighted by atomic mass is 16.5. The third kappa shape index (κ3) is 4.00. The Bertz CT molecular complexity index is 917. The number of phenols is 1. The number of aryl methyl sites for hydroxylation is 2. The van der Waals surface area contributed by atoms with Crippen LogP contribution in [-0.2, 0) is 17.6 Å². The van der Waals surface area contributed by atoms with Crippen molar-refractivity contribution in [3.05, 3.63) is 58.1 Å². The standard InChI is InChI=1S/C24H27NO4/c1-29-24(28)20-11-10-19(14-21(20)26)25-23(27)18-12-16-8-4-2-6-15-7-3-5-9-17(13-18)22(15)16/h10-15,26H,2-9H2,1H3,(H,25,27). The van der Waals surface area contributed by atoms with E-state index in [1.807, 2.05) is 0 Å². The first-order valence-corrected chi connectivity index (χ1v) is 10.4. The number of hydrogen-bond donors (Lipinski definition) is 2. The number of esters is 1. The summed E-state index contributed by atoms with van der Waals surface area (Å²) in [6, 6.07) is 8.53. The Morgan fingerprint density at radius 2 is 1.66 bits per heavy atom. The van der Waals surface area contributed by atoms with Crippen LogP contribution < -0.4 is 5.32 Å². The van der Waals surface area contributed by atoms with Crippen molar-refractivity contribution in [1.29, 1.82) is 0 Å². The Balaban J connectivity index is 1.61. The quantitative estimate of drug-likeness (QED) is 0.722. The number of amides is 1. The number of phenolic OH excluding ortho intramolecular Hbond substituents is 1. The zero-order valence-corrected chi connectivity index (χ0v) is 16.8. The molecule has 0 aliphatic heterocycles. The Labute approximate surface area is 171 Å². The maximum atomic E-state index is 12.9. The van der Waals surface area contributed by atoms with Gasteiger partial charge in [-0.1, -0.05) is 12.8 Å². The first-order chi connectivity index (χ1) is 14.1. The molecule has 1 amide bonds. The molecule has 4 rings (SSSR count). The highest BCUT2D eigenvalue weighted by Crippen LogP contribution is 2.40. The first-order valence-electron chi connectivity index (χ1n) is 10.4. The number of benzene rings is 2. The van der Waals surface area contributed by atoms with Gasteiger partial charge in [0.2, 0.25) is 0 Å². The summed E-state index contributed by atoms with van der Waals surface area (Å²) in [6.07, 6.45) is 9.46. The van der Waals surface area contributed by atoms with Gasteiger partial charge in [0.25, 0.3) is 5.91 Å². The lowest BCUT2D eigenvalue weighted by molar-refractivity contribution is 0.0597. The molecule has 0 heterocycles. The highest BCUT2D eigenvalue weighted by Gasteiger charge is 2.25. The predicted molar refractivity (Wildman–Crippen MR) is 112 cm³/mol. The SMILES string of the molecule is COC(=O)c1ccc(NC(=O)c2cc3c4c(c2)CCCCC4CCCC3)cc1O. The van der Waals surface area contributed by atoms with E-state index < -0.39 is 5.97 Å². The highest BCUT2D eigenvalue weighted by molar-refractivity contribution is 6.05. The largest absolute Gasteiger partial charge is 0.507 e. The fourth-order valence-electron chi connectivity index (χ4n) is 4.79. The summed E-state index contributed by atoms with van der Waals surface area (Å²) in [7, 11) is 1.26. The molecule has 2 aromatic rings. The van der Waals surface area contributed by atoms with E-state index in [-0.39, 0.29) is 17.2 Å². The minimum Gasteiger partial charge on any atom is -0.507 e. The molecule has 0 radical (unpaired) electrons. The summed E-state index contributed by atoms with van der Waals surface area (Å²) in [5, 5.41) is 12.9. The minimum atomic E-state index is -0.615. The maximum absolute atomic E-state index is 12.9. The summed E-state index contributed by atoms with van der Waals surface area (Å²) in [5.74, 6) is -0.383. The smallest absolute Gasteiger partial charge is 0.341 e. The van der Waals surface area contributed by atoms with Gasteiger partial charge in [0.15, 0.2) is 0 Å². The molecule has 29 heavy (non-hydrogen) atoms. The maximum Gasteiger partial charge on any atom is 0.341 e. The Morgan fingerprint density at radius 3 is 2.24 bits per heavy atom. The summed E-state index contributed by atoms with van der Waals surface area (Å²) >= 11 is 0. The zero-order valence-electron chi connectivity index (χ0n) is 16.8. The number of rotatable bonds is 3. The number of ether oxygens (including phenoxy) is 1. The van der Waals surface area contributed by atoms with Gasteiger partial charge >= 0.3 is 5.97 Å². The van der Waals surface area contributed by atoms with Gasteiger partial charge in [-0.25, -0.2) is 4.79 Å². The Morgan fingerprint density at radius 1 is 1.00 bits per heavy atom. The normalized spacial score (nSPS) is 16.3. The fourth-order valence-corrected chi connectivity index (χ4v) is 4.79. The molecule has 0 saturated heterocycles. The van der Waals surface area contributed by atoms with Gasteiger partial charge in [-0.05, 0) is 85.4 Å². The molecule has 5 nitrogen and oxygen atoms in total.